The first kappa shape index (κ1) is 13.5. The van der Waals surface area contributed by atoms with Crippen LogP contribution >= 0.6 is 15.9 Å². The first-order chi connectivity index (χ1) is 9.59. The van der Waals surface area contributed by atoms with Crippen LogP contribution in [0.1, 0.15) is 35.8 Å². The molecule has 1 saturated heterocycles. The highest BCUT2D eigenvalue weighted by Crippen LogP contribution is 2.32. The topological polar surface area (TPSA) is 64.3 Å². The summed E-state index contributed by atoms with van der Waals surface area (Å²) in [5.74, 6) is -2.09. The normalized spacial score (nSPS) is 19.4. The predicted molar refractivity (Wildman–Crippen MR) is 73.2 cm³/mol. The first-order valence-electron chi connectivity index (χ1n) is 6.29. The number of carboxylic acid groups (broad SMARTS) is 1. The van der Waals surface area contributed by atoms with Gasteiger partial charge in [-0.3, -0.25) is 0 Å². The van der Waals surface area contributed by atoms with Crippen molar-refractivity contribution in [2.24, 2.45) is 0 Å². The molecule has 0 radical (unpaired) electrons. The summed E-state index contributed by atoms with van der Waals surface area (Å²) in [5, 5.41) is 13.6. The number of hydrogen-bond acceptors (Lipinski definition) is 3. The number of aromatic nitrogens is 2. The molecule has 1 aromatic heterocycles. The van der Waals surface area contributed by atoms with Crippen molar-refractivity contribution in [1.29, 1.82) is 0 Å². The van der Waals surface area contributed by atoms with Crippen molar-refractivity contribution in [2.45, 2.75) is 25.5 Å². The lowest BCUT2D eigenvalue weighted by molar-refractivity contribution is -0.0366. The molecule has 0 bridgehead atoms. The number of hydrogen-bond donors (Lipinski definition) is 1. The summed E-state index contributed by atoms with van der Waals surface area (Å²) in [4.78, 5) is 11.2. The van der Waals surface area contributed by atoms with Crippen LogP contribution in [0.5, 0.6) is 0 Å². The number of halogens is 2. The van der Waals surface area contributed by atoms with Gasteiger partial charge in [0.05, 0.1) is 16.2 Å². The van der Waals surface area contributed by atoms with Crippen LogP contribution in [0.3, 0.4) is 0 Å². The van der Waals surface area contributed by atoms with Crippen molar-refractivity contribution in [3.63, 3.8) is 0 Å². The number of fused-ring (bicyclic) bond motifs is 1. The van der Waals surface area contributed by atoms with E-state index in [1.54, 1.807) is 10.7 Å². The average molecular weight is 343 g/mol. The Kier molecular flexibility index (Phi) is 3.47. The molecule has 1 atom stereocenters. The van der Waals surface area contributed by atoms with Gasteiger partial charge in [0, 0.05) is 12.0 Å². The van der Waals surface area contributed by atoms with Gasteiger partial charge < -0.3 is 9.84 Å². The minimum absolute atomic E-state index is 0.111. The Balaban J connectivity index is 2.19. The lowest BCUT2D eigenvalue weighted by atomic mass is 10.1. The highest BCUT2D eigenvalue weighted by molar-refractivity contribution is 9.10. The van der Waals surface area contributed by atoms with E-state index < -0.39 is 11.8 Å². The Morgan fingerprint density at radius 2 is 2.35 bits per heavy atom. The standard InChI is InChI=1S/C13H12BrFN2O3/c14-8-5-9-7(11(12(8)15)13(18)19)6-16-17(9)10-3-1-2-4-20-10/h5-6,10H,1-4H2,(H,18,19). The molecule has 5 nitrogen and oxygen atoms in total. The molecule has 0 saturated carbocycles. The fraction of sp³-hybridized carbons (Fsp3) is 0.385. The molecule has 1 unspecified atom stereocenters. The monoisotopic (exact) mass is 342 g/mol. The fourth-order valence-electron chi connectivity index (χ4n) is 2.48. The summed E-state index contributed by atoms with van der Waals surface area (Å²) in [6.45, 7) is 0.653. The number of ether oxygens (including phenoxy) is 1. The minimum Gasteiger partial charge on any atom is -0.478 e. The van der Waals surface area contributed by atoms with Gasteiger partial charge in [0.25, 0.3) is 0 Å². The Morgan fingerprint density at radius 3 is 3.00 bits per heavy atom. The van der Waals surface area contributed by atoms with Crippen LogP contribution in [-0.2, 0) is 4.74 Å². The summed E-state index contributed by atoms with van der Waals surface area (Å²) in [6, 6.07) is 1.54. The third-order valence-corrected chi connectivity index (χ3v) is 4.02. The summed E-state index contributed by atoms with van der Waals surface area (Å²) in [6.07, 6.45) is 4.01. The number of benzene rings is 1. The van der Waals surface area contributed by atoms with E-state index in [4.69, 9.17) is 4.74 Å². The number of carboxylic acids is 1. The van der Waals surface area contributed by atoms with Crippen LogP contribution < -0.4 is 0 Å². The van der Waals surface area contributed by atoms with Crippen molar-refractivity contribution < 1.29 is 19.0 Å². The number of carbonyl (C=O) groups is 1. The van der Waals surface area contributed by atoms with Crippen LogP contribution in [0.15, 0.2) is 16.7 Å². The summed E-state index contributed by atoms with van der Waals surface area (Å²) in [5.41, 5.74) is 0.194. The lowest BCUT2D eigenvalue weighted by Crippen LogP contribution is -2.19. The lowest BCUT2D eigenvalue weighted by Gasteiger charge is -2.23. The van der Waals surface area contributed by atoms with Crippen LogP contribution in [0.25, 0.3) is 10.9 Å². The highest BCUT2D eigenvalue weighted by Gasteiger charge is 2.24. The third-order valence-electron chi connectivity index (χ3n) is 3.44. The highest BCUT2D eigenvalue weighted by atomic mass is 79.9. The van der Waals surface area contributed by atoms with Crippen molar-refractivity contribution in [1.82, 2.24) is 9.78 Å². The van der Waals surface area contributed by atoms with Crippen molar-refractivity contribution in [2.75, 3.05) is 6.61 Å². The van der Waals surface area contributed by atoms with Gasteiger partial charge in [0.15, 0.2) is 12.0 Å². The average Bonchev–Trinajstić information content (AvgIpc) is 2.83. The van der Waals surface area contributed by atoms with Gasteiger partial charge >= 0.3 is 5.97 Å². The zero-order chi connectivity index (χ0) is 14.3. The largest absolute Gasteiger partial charge is 0.478 e. The molecule has 1 aliphatic rings. The van der Waals surface area contributed by atoms with Crippen LogP contribution in [-0.4, -0.2) is 27.5 Å². The second-order valence-electron chi connectivity index (χ2n) is 4.70. The maximum Gasteiger partial charge on any atom is 0.339 e. The summed E-state index contributed by atoms with van der Waals surface area (Å²) < 4.78 is 21.3. The Morgan fingerprint density at radius 1 is 1.55 bits per heavy atom. The van der Waals surface area contributed by atoms with E-state index in [0.29, 0.717) is 12.1 Å². The quantitative estimate of drug-likeness (QED) is 0.908. The minimum atomic E-state index is -1.31. The van der Waals surface area contributed by atoms with Crippen LogP contribution in [0.4, 0.5) is 4.39 Å². The van der Waals surface area contributed by atoms with E-state index in [9.17, 15) is 14.3 Å². The molecule has 1 N–H and O–H groups in total. The fourth-order valence-corrected chi connectivity index (χ4v) is 2.90. The summed E-state index contributed by atoms with van der Waals surface area (Å²) >= 11 is 3.06. The molecule has 3 rings (SSSR count). The third kappa shape index (κ3) is 2.10. The first-order valence-corrected chi connectivity index (χ1v) is 7.09. The maximum absolute atomic E-state index is 13.9. The molecule has 2 aromatic rings. The zero-order valence-electron chi connectivity index (χ0n) is 10.5. The van der Waals surface area contributed by atoms with Crippen LogP contribution in [0.2, 0.25) is 0 Å². The molecular weight excluding hydrogens is 331 g/mol. The van der Waals surface area contributed by atoms with Gasteiger partial charge in [-0.15, -0.1) is 0 Å². The summed E-state index contributed by atoms with van der Waals surface area (Å²) in [7, 11) is 0. The molecule has 20 heavy (non-hydrogen) atoms. The van der Waals surface area contributed by atoms with Gasteiger partial charge in [-0.1, -0.05) is 0 Å². The van der Waals surface area contributed by atoms with Gasteiger partial charge in [-0.25, -0.2) is 13.9 Å². The molecule has 7 heteroatoms. The molecule has 0 aliphatic carbocycles. The van der Waals surface area contributed by atoms with Crippen molar-refractivity contribution in [3.05, 3.63) is 28.1 Å². The van der Waals surface area contributed by atoms with E-state index >= 15 is 0 Å². The Hall–Kier alpha value is -1.47. The second-order valence-corrected chi connectivity index (χ2v) is 5.55. The molecule has 1 aromatic carbocycles. The molecular formula is C13H12BrFN2O3. The van der Waals surface area contributed by atoms with Gasteiger partial charge in [0.1, 0.15) is 5.56 Å². The molecule has 0 amide bonds. The second kappa shape index (κ2) is 5.14. The van der Waals surface area contributed by atoms with Gasteiger partial charge in [-0.05, 0) is 41.3 Å². The smallest absolute Gasteiger partial charge is 0.339 e. The molecule has 0 spiro atoms. The predicted octanol–water partition coefficient (Wildman–Crippen LogP) is 3.34. The molecule has 1 aliphatic heterocycles. The van der Waals surface area contributed by atoms with E-state index in [1.807, 2.05) is 0 Å². The van der Waals surface area contributed by atoms with E-state index in [-0.39, 0.29) is 21.7 Å². The zero-order valence-corrected chi connectivity index (χ0v) is 12.1. The molecule has 106 valence electrons. The number of aromatic carboxylic acids is 1. The Bertz CT molecular complexity index is 680. The van der Waals surface area contributed by atoms with E-state index in [0.717, 1.165) is 19.3 Å². The molecule has 2 heterocycles. The van der Waals surface area contributed by atoms with Crippen molar-refractivity contribution >= 4 is 32.8 Å². The SMILES string of the molecule is O=C(O)c1c(F)c(Br)cc2c1cnn2C1CCCCO1. The molecule has 1 fully saturated rings. The van der Waals surface area contributed by atoms with Crippen molar-refractivity contribution in [3.8, 4) is 0 Å². The van der Waals surface area contributed by atoms with Crippen LogP contribution in [0, 0.1) is 5.82 Å². The maximum atomic E-state index is 13.9. The van der Waals surface area contributed by atoms with Gasteiger partial charge in [0.2, 0.25) is 0 Å². The number of nitrogens with zero attached hydrogens (tertiary/aromatic N) is 2. The van der Waals surface area contributed by atoms with E-state index in [2.05, 4.69) is 21.0 Å². The number of rotatable bonds is 2. The van der Waals surface area contributed by atoms with E-state index in [1.165, 1.54) is 6.20 Å². The van der Waals surface area contributed by atoms with Gasteiger partial charge in [-0.2, -0.15) is 5.10 Å². The Labute approximate surface area is 122 Å².